The maximum absolute atomic E-state index is 12.2. The molecule has 0 fully saturated rings. The van der Waals surface area contributed by atoms with E-state index >= 15 is 0 Å². The third-order valence-electron chi connectivity index (χ3n) is 3.02. The number of hydrogen-bond donors (Lipinski definition) is 0. The van der Waals surface area contributed by atoms with Crippen LogP contribution in [0.15, 0.2) is 36.5 Å². The van der Waals surface area contributed by atoms with Crippen molar-refractivity contribution in [2.24, 2.45) is 7.05 Å². The summed E-state index contributed by atoms with van der Waals surface area (Å²) in [6, 6.07) is 9.32. The summed E-state index contributed by atoms with van der Waals surface area (Å²) in [5.74, 6) is 0.769. The second kappa shape index (κ2) is 6.18. The first-order valence-electron chi connectivity index (χ1n) is 6.44. The molecule has 100 valence electrons. The lowest BCUT2D eigenvalue weighted by molar-refractivity contribution is 0.0978. The van der Waals surface area contributed by atoms with E-state index in [2.05, 4.69) is 5.10 Å². The zero-order valence-electron chi connectivity index (χ0n) is 11.3. The van der Waals surface area contributed by atoms with E-state index in [1.54, 1.807) is 10.9 Å². The zero-order valence-corrected chi connectivity index (χ0v) is 11.3. The van der Waals surface area contributed by atoms with E-state index in [4.69, 9.17) is 4.74 Å². The van der Waals surface area contributed by atoms with E-state index in [9.17, 15) is 4.79 Å². The summed E-state index contributed by atoms with van der Waals surface area (Å²) >= 11 is 0. The number of aromatic nitrogens is 2. The number of carbonyl (C=O) groups is 1. The van der Waals surface area contributed by atoms with Crippen LogP contribution in [-0.4, -0.2) is 22.2 Å². The van der Waals surface area contributed by atoms with Gasteiger partial charge in [-0.15, -0.1) is 0 Å². The number of nitrogens with zero attached hydrogens (tertiary/aromatic N) is 2. The molecule has 0 aliphatic heterocycles. The molecule has 2 rings (SSSR count). The number of aryl methyl sites for hydroxylation is 2. The highest BCUT2D eigenvalue weighted by Crippen LogP contribution is 2.20. The van der Waals surface area contributed by atoms with Gasteiger partial charge >= 0.3 is 0 Å². The monoisotopic (exact) mass is 258 g/mol. The lowest BCUT2D eigenvalue weighted by Crippen LogP contribution is -2.07. The highest BCUT2D eigenvalue weighted by Gasteiger charge is 2.12. The number of Topliss-reactive ketones (excluding diaryl/α,β-unsaturated/α-hetero) is 1. The van der Waals surface area contributed by atoms with Gasteiger partial charge in [0, 0.05) is 25.4 Å². The SMILES string of the molecule is CCOc1ccccc1C(=O)CCc1ccnn1C. The van der Waals surface area contributed by atoms with Gasteiger partial charge in [0.2, 0.25) is 0 Å². The minimum absolute atomic E-state index is 0.102. The summed E-state index contributed by atoms with van der Waals surface area (Å²) < 4.78 is 7.27. The van der Waals surface area contributed by atoms with Crippen LogP contribution in [0.2, 0.25) is 0 Å². The van der Waals surface area contributed by atoms with Gasteiger partial charge in [-0.05, 0) is 31.5 Å². The van der Waals surface area contributed by atoms with E-state index in [1.807, 2.05) is 44.3 Å². The lowest BCUT2D eigenvalue weighted by atomic mass is 10.0. The van der Waals surface area contributed by atoms with Gasteiger partial charge in [0.05, 0.1) is 12.2 Å². The van der Waals surface area contributed by atoms with Crippen molar-refractivity contribution in [3.05, 3.63) is 47.8 Å². The number of rotatable bonds is 6. The average Bonchev–Trinajstić information content (AvgIpc) is 2.82. The molecule has 1 aromatic heterocycles. The summed E-state index contributed by atoms with van der Waals surface area (Å²) in [7, 11) is 1.88. The molecule has 0 saturated carbocycles. The van der Waals surface area contributed by atoms with Gasteiger partial charge in [-0.1, -0.05) is 12.1 Å². The van der Waals surface area contributed by atoms with E-state index in [-0.39, 0.29) is 5.78 Å². The summed E-state index contributed by atoms with van der Waals surface area (Å²) in [5, 5.41) is 4.09. The first kappa shape index (κ1) is 13.3. The van der Waals surface area contributed by atoms with Crippen LogP contribution in [0.25, 0.3) is 0 Å². The van der Waals surface area contributed by atoms with E-state index in [1.165, 1.54) is 0 Å². The predicted octanol–water partition coefficient (Wildman–Crippen LogP) is 2.63. The average molecular weight is 258 g/mol. The van der Waals surface area contributed by atoms with Crippen molar-refractivity contribution in [1.29, 1.82) is 0 Å². The summed E-state index contributed by atoms with van der Waals surface area (Å²) in [5.41, 5.74) is 1.72. The van der Waals surface area contributed by atoms with Gasteiger partial charge in [0.1, 0.15) is 5.75 Å². The van der Waals surface area contributed by atoms with Crippen molar-refractivity contribution >= 4 is 5.78 Å². The van der Waals surface area contributed by atoms with Crippen molar-refractivity contribution in [2.75, 3.05) is 6.61 Å². The van der Waals surface area contributed by atoms with E-state index in [0.717, 1.165) is 5.69 Å². The van der Waals surface area contributed by atoms with Gasteiger partial charge in [-0.3, -0.25) is 9.48 Å². The van der Waals surface area contributed by atoms with Crippen LogP contribution in [0.1, 0.15) is 29.4 Å². The first-order valence-corrected chi connectivity index (χ1v) is 6.44. The minimum Gasteiger partial charge on any atom is -0.493 e. The van der Waals surface area contributed by atoms with Crippen molar-refractivity contribution in [3.63, 3.8) is 0 Å². The molecule has 0 N–H and O–H groups in total. The largest absolute Gasteiger partial charge is 0.493 e. The Balaban J connectivity index is 2.06. The molecule has 4 nitrogen and oxygen atoms in total. The third-order valence-corrected chi connectivity index (χ3v) is 3.02. The molecule has 0 spiro atoms. The zero-order chi connectivity index (χ0) is 13.7. The summed E-state index contributed by atoms with van der Waals surface area (Å²) in [6.07, 6.45) is 2.90. The Morgan fingerprint density at radius 3 is 2.79 bits per heavy atom. The fourth-order valence-corrected chi connectivity index (χ4v) is 2.00. The summed E-state index contributed by atoms with van der Waals surface area (Å²) in [4.78, 5) is 12.2. The number of hydrogen-bond acceptors (Lipinski definition) is 3. The van der Waals surface area contributed by atoms with Gasteiger partial charge in [0.15, 0.2) is 5.78 Å². The quantitative estimate of drug-likeness (QED) is 0.748. The predicted molar refractivity (Wildman–Crippen MR) is 73.5 cm³/mol. The molecule has 0 aliphatic carbocycles. The standard InChI is InChI=1S/C15H18N2O2/c1-3-19-15-7-5-4-6-13(15)14(18)9-8-12-10-11-16-17(12)2/h4-7,10-11H,3,8-9H2,1-2H3. The van der Waals surface area contributed by atoms with Crippen LogP contribution >= 0.6 is 0 Å². The lowest BCUT2D eigenvalue weighted by Gasteiger charge is -2.09. The molecule has 4 heteroatoms. The second-order valence-corrected chi connectivity index (χ2v) is 4.30. The Morgan fingerprint density at radius 2 is 2.11 bits per heavy atom. The number of benzene rings is 1. The molecular weight excluding hydrogens is 240 g/mol. The van der Waals surface area contributed by atoms with Crippen molar-refractivity contribution in [3.8, 4) is 5.75 Å². The Bertz CT molecular complexity index is 561. The normalized spacial score (nSPS) is 10.4. The highest BCUT2D eigenvalue weighted by molar-refractivity contribution is 5.98. The van der Waals surface area contributed by atoms with Crippen LogP contribution in [-0.2, 0) is 13.5 Å². The van der Waals surface area contributed by atoms with Gasteiger partial charge < -0.3 is 4.74 Å². The highest BCUT2D eigenvalue weighted by atomic mass is 16.5. The van der Waals surface area contributed by atoms with Gasteiger partial charge in [0.25, 0.3) is 0 Å². The molecule has 0 radical (unpaired) electrons. The Hall–Kier alpha value is -2.10. The molecule has 1 aromatic carbocycles. The van der Waals surface area contributed by atoms with Crippen LogP contribution in [0.5, 0.6) is 5.75 Å². The maximum Gasteiger partial charge on any atom is 0.166 e. The Morgan fingerprint density at radius 1 is 1.32 bits per heavy atom. The molecule has 1 heterocycles. The molecule has 19 heavy (non-hydrogen) atoms. The molecule has 2 aromatic rings. The molecule has 0 saturated heterocycles. The molecular formula is C15H18N2O2. The number of para-hydroxylation sites is 1. The molecule has 0 unspecified atom stereocenters. The number of ketones is 1. The van der Waals surface area contributed by atoms with Crippen molar-refractivity contribution in [2.45, 2.75) is 19.8 Å². The first-order chi connectivity index (χ1) is 9.22. The summed E-state index contributed by atoms with van der Waals surface area (Å²) in [6.45, 7) is 2.48. The smallest absolute Gasteiger partial charge is 0.166 e. The van der Waals surface area contributed by atoms with Crippen LogP contribution in [0, 0.1) is 0 Å². The third kappa shape index (κ3) is 3.22. The van der Waals surface area contributed by atoms with Crippen molar-refractivity contribution < 1.29 is 9.53 Å². The molecule has 0 atom stereocenters. The second-order valence-electron chi connectivity index (χ2n) is 4.30. The number of ether oxygens (including phenoxy) is 1. The fraction of sp³-hybridized carbons (Fsp3) is 0.333. The number of carbonyl (C=O) groups excluding carboxylic acids is 1. The Labute approximate surface area is 113 Å². The topological polar surface area (TPSA) is 44.1 Å². The fourth-order valence-electron chi connectivity index (χ4n) is 2.00. The van der Waals surface area contributed by atoms with Gasteiger partial charge in [-0.25, -0.2) is 0 Å². The van der Waals surface area contributed by atoms with Crippen LogP contribution < -0.4 is 4.74 Å². The minimum atomic E-state index is 0.102. The molecule has 0 amide bonds. The van der Waals surface area contributed by atoms with Gasteiger partial charge in [-0.2, -0.15) is 5.10 Å². The molecule has 0 aliphatic rings. The Kier molecular flexibility index (Phi) is 4.34. The molecule has 0 bridgehead atoms. The van der Waals surface area contributed by atoms with Crippen LogP contribution in [0.3, 0.4) is 0 Å². The van der Waals surface area contributed by atoms with E-state index in [0.29, 0.717) is 30.8 Å². The van der Waals surface area contributed by atoms with Crippen molar-refractivity contribution in [1.82, 2.24) is 9.78 Å². The van der Waals surface area contributed by atoms with Crippen LogP contribution in [0.4, 0.5) is 0 Å². The maximum atomic E-state index is 12.2. The van der Waals surface area contributed by atoms with E-state index < -0.39 is 0 Å².